The second-order valence-corrected chi connectivity index (χ2v) is 8.66. The third-order valence-corrected chi connectivity index (χ3v) is 6.59. The van der Waals surface area contributed by atoms with E-state index in [1.54, 1.807) is 0 Å². The van der Waals surface area contributed by atoms with Crippen molar-refractivity contribution in [3.05, 3.63) is 0 Å². The number of carbonyl (C=O) groups excluding carboxylic acids is 1. The standard InChI is InChI=1S/C23H44N4O/c1-4-20(5-2)22(28)27-17-14-21(15-18-27)26-23(24-6-3)25-16-10-9-13-19-11-7-8-12-19/h19-21H,4-18H2,1-3H3,(H2,24,25,26). The molecule has 28 heavy (non-hydrogen) atoms. The Morgan fingerprint density at radius 1 is 1.04 bits per heavy atom. The number of guanidine groups is 1. The van der Waals surface area contributed by atoms with Gasteiger partial charge >= 0.3 is 0 Å². The van der Waals surface area contributed by atoms with E-state index in [9.17, 15) is 4.79 Å². The average molecular weight is 393 g/mol. The highest BCUT2D eigenvalue weighted by Gasteiger charge is 2.26. The summed E-state index contributed by atoms with van der Waals surface area (Å²) in [7, 11) is 0. The maximum absolute atomic E-state index is 12.6. The number of hydrogen-bond acceptors (Lipinski definition) is 2. The number of nitrogens with one attached hydrogen (secondary N) is 2. The molecule has 1 aliphatic heterocycles. The molecule has 0 bridgehead atoms. The summed E-state index contributed by atoms with van der Waals surface area (Å²) in [5.74, 6) is 2.50. The summed E-state index contributed by atoms with van der Waals surface area (Å²) in [5, 5.41) is 7.00. The van der Waals surface area contributed by atoms with E-state index in [-0.39, 0.29) is 5.92 Å². The van der Waals surface area contributed by atoms with Crippen molar-refractivity contribution in [2.24, 2.45) is 16.8 Å². The smallest absolute Gasteiger partial charge is 0.225 e. The highest BCUT2D eigenvalue weighted by molar-refractivity contribution is 5.80. The molecule has 0 aromatic carbocycles. The molecule has 2 rings (SSSR count). The van der Waals surface area contributed by atoms with Gasteiger partial charge in [0.05, 0.1) is 0 Å². The molecule has 0 radical (unpaired) electrons. The molecular weight excluding hydrogens is 348 g/mol. The SMILES string of the molecule is CCNC(=NCCCCC1CCCC1)NC1CCN(C(=O)C(CC)CC)CC1. The molecule has 0 atom stereocenters. The normalized spacial score (nSPS) is 19.4. The highest BCUT2D eigenvalue weighted by Crippen LogP contribution is 2.28. The number of rotatable bonds is 10. The maximum Gasteiger partial charge on any atom is 0.225 e. The number of unbranched alkanes of at least 4 members (excludes halogenated alkanes) is 1. The van der Waals surface area contributed by atoms with Crippen LogP contribution < -0.4 is 10.6 Å². The van der Waals surface area contributed by atoms with Crippen LogP contribution in [0.2, 0.25) is 0 Å². The summed E-state index contributed by atoms with van der Waals surface area (Å²) in [6.07, 6.45) is 13.6. The molecule has 1 saturated carbocycles. The van der Waals surface area contributed by atoms with Gasteiger partial charge in [0, 0.05) is 38.1 Å². The van der Waals surface area contributed by atoms with Crippen molar-refractivity contribution in [1.82, 2.24) is 15.5 Å². The van der Waals surface area contributed by atoms with Gasteiger partial charge in [-0.1, -0.05) is 52.4 Å². The van der Waals surface area contributed by atoms with Crippen molar-refractivity contribution in [3.63, 3.8) is 0 Å². The monoisotopic (exact) mass is 392 g/mol. The molecule has 2 aliphatic rings. The first kappa shape index (κ1) is 23.0. The van der Waals surface area contributed by atoms with E-state index >= 15 is 0 Å². The van der Waals surface area contributed by atoms with Crippen LogP contribution in [-0.4, -0.2) is 49.0 Å². The summed E-state index contributed by atoms with van der Waals surface area (Å²) in [6, 6.07) is 0.419. The van der Waals surface area contributed by atoms with E-state index in [1.165, 1.54) is 44.9 Å². The largest absolute Gasteiger partial charge is 0.357 e. The number of nitrogens with zero attached hydrogens (tertiary/aromatic N) is 2. The molecule has 0 aromatic heterocycles. The van der Waals surface area contributed by atoms with Crippen molar-refractivity contribution in [2.75, 3.05) is 26.2 Å². The zero-order valence-corrected chi connectivity index (χ0v) is 18.6. The molecule has 0 aromatic rings. The van der Waals surface area contributed by atoms with Gasteiger partial charge in [-0.3, -0.25) is 9.79 Å². The summed E-state index contributed by atoms with van der Waals surface area (Å²) < 4.78 is 0. The maximum atomic E-state index is 12.6. The lowest BCUT2D eigenvalue weighted by Crippen LogP contribution is -2.50. The molecule has 1 aliphatic carbocycles. The fourth-order valence-corrected chi connectivity index (χ4v) is 4.69. The van der Waals surface area contributed by atoms with Crippen molar-refractivity contribution in [3.8, 4) is 0 Å². The van der Waals surface area contributed by atoms with Gasteiger partial charge in [-0.15, -0.1) is 0 Å². The Kier molecular flexibility index (Phi) is 10.7. The first-order valence-electron chi connectivity index (χ1n) is 12.0. The molecular formula is C23H44N4O. The van der Waals surface area contributed by atoms with Gasteiger partial charge in [-0.25, -0.2) is 0 Å². The number of piperidine rings is 1. The van der Waals surface area contributed by atoms with E-state index in [0.717, 1.165) is 63.7 Å². The van der Waals surface area contributed by atoms with Crippen LogP contribution in [0.3, 0.4) is 0 Å². The van der Waals surface area contributed by atoms with Crippen LogP contribution in [0.25, 0.3) is 0 Å². The molecule has 0 unspecified atom stereocenters. The van der Waals surface area contributed by atoms with Crippen LogP contribution in [0.5, 0.6) is 0 Å². The molecule has 2 fully saturated rings. The van der Waals surface area contributed by atoms with Crippen LogP contribution in [0.4, 0.5) is 0 Å². The van der Waals surface area contributed by atoms with E-state index in [0.29, 0.717) is 11.9 Å². The second kappa shape index (κ2) is 13.1. The highest BCUT2D eigenvalue weighted by atomic mass is 16.2. The number of likely N-dealkylation sites (tertiary alicyclic amines) is 1. The Hall–Kier alpha value is -1.26. The summed E-state index contributed by atoms with van der Waals surface area (Å²) in [5.41, 5.74) is 0. The Morgan fingerprint density at radius 3 is 2.32 bits per heavy atom. The quantitative estimate of drug-likeness (QED) is 0.330. The Balaban J connectivity index is 1.69. The summed E-state index contributed by atoms with van der Waals surface area (Å²) in [6.45, 7) is 9.89. The van der Waals surface area contributed by atoms with Crippen molar-refractivity contribution >= 4 is 11.9 Å². The molecule has 1 amide bonds. The van der Waals surface area contributed by atoms with Crippen LogP contribution in [0.1, 0.15) is 91.4 Å². The number of amides is 1. The second-order valence-electron chi connectivity index (χ2n) is 8.66. The molecule has 0 spiro atoms. The number of aliphatic imine (C=N–C) groups is 1. The van der Waals surface area contributed by atoms with Gasteiger partial charge in [0.15, 0.2) is 5.96 Å². The van der Waals surface area contributed by atoms with Crippen LogP contribution in [-0.2, 0) is 4.79 Å². The van der Waals surface area contributed by atoms with E-state index in [2.05, 4.69) is 36.3 Å². The van der Waals surface area contributed by atoms with Crippen molar-refractivity contribution in [1.29, 1.82) is 0 Å². The third-order valence-electron chi connectivity index (χ3n) is 6.59. The molecule has 162 valence electrons. The fraction of sp³-hybridized carbons (Fsp3) is 0.913. The average Bonchev–Trinajstić information content (AvgIpc) is 3.23. The topological polar surface area (TPSA) is 56.7 Å². The Bertz CT molecular complexity index is 461. The summed E-state index contributed by atoms with van der Waals surface area (Å²) >= 11 is 0. The zero-order chi connectivity index (χ0) is 20.2. The third kappa shape index (κ3) is 7.63. The van der Waals surface area contributed by atoms with Gasteiger partial charge in [-0.2, -0.15) is 0 Å². The van der Waals surface area contributed by atoms with Gasteiger partial charge in [-0.05, 0) is 44.9 Å². The molecule has 5 nitrogen and oxygen atoms in total. The predicted molar refractivity (Wildman–Crippen MR) is 119 cm³/mol. The minimum atomic E-state index is 0.202. The van der Waals surface area contributed by atoms with Gasteiger partial charge in [0.25, 0.3) is 0 Å². The van der Waals surface area contributed by atoms with Crippen molar-refractivity contribution in [2.45, 2.75) is 97.4 Å². The predicted octanol–water partition coefficient (Wildman–Crippen LogP) is 4.33. The van der Waals surface area contributed by atoms with Crippen LogP contribution >= 0.6 is 0 Å². The molecule has 5 heteroatoms. The molecule has 1 saturated heterocycles. The van der Waals surface area contributed by atoms with Crippen LogP contribution in [0, 0.1) is 11.8 Å². The van der Waals surface area contributed by atoms with Gasteiger partial charge in [0.1, 0.15) is 0 Å². The fourth-order valence-electron chi connectivity index (χ4n) is 4.69. The lowest BCUT2D eigenvalue weighted by molar-refractivity contribution is -0.136. The van der Waals surface area contributed by atoms with Crippen LogP contribution in [0.15, 0.2) is 4.99 Å². The van der Waals surface area contributed by atoms with Crippen molar-refractivity contribution < 1.29 is 4.79 Å². The first-order chi connectivity index (χ1) is 13.7. The number of carbonyl (C=O) groups is 1. The zero-order valence-electron chi connectivity index (χ0n) is 18.6. The molecule has 1 heterocycles. The minimum absolute atomic E-state index is 0.202. The van der Waals surface area contributed by atoms with E-state index < -0.39 is 0 Å². The minimum Gasteiger partial charge on any atom is -0.357 e. The lowest BCUT2D eigenvalue weighted by atomic mass is 9.98. The summed E-state index contributed by atoms with van der Waals surface area (Å²) in [4.78, 5) is 19.4. The number of hydrogen-bond donors (Lipinski definition) is 2. The van der Waals surface area contributed by atoms with Gasteiger partial charge < -0.3 is 15.5 Å². The van der Waals surface area contributed by atoms with Gasteiger partial charge in [0.2, 0.25) is 5.91 Å². The Morgan fingerprint density at radius 2 is 1.71 bits per heavy atom. The first-order valence-corrected chi connectivity index (χ1v) is 12.0. The van der Waals surface area contributed by atoms with E-state index in [1.807, 2.05) is 0 Å². The lowest BCUT2D eigenvalue weighted by Gasteiger charge is -2.34. The molecule has 2 N–H and O–H groups in total. The van der Waals surface area contributed by atoms with E-state index in [4.69, 9.17) is 4.99 Å². The Labute approximate surface area is 173 Å².